The van der Waals surface area contributed by atoms with Crippen molar-refractivity contribution in [2.24, 2.45) is 0 Å². The highest BCUT2D eigenvalue weighted by Crippen LogP contribution is 2.18. The Kier molecular flexibility index (Phi) is 65.9. The molecule has 6 heteroatoms. The molecule has 0 aromatic carbocycles. The van der Waals surface area contributed by atoms with Gasteiger partial charge in [-0.05, 0) is 83.5 Å². The third-order valence-electron chi connectivity index (χ3n) is 16.4. The maximum atomic E-state index is 12.5. The van der Waals surface area contributed by atoms with Crippen LogP contribution in [-0.2, 0) is 14.3 Å². The smallest absolute Gasteiger partial charge is 0.305 e. The number of hydrogen-bond donors (Lipinski definition) is 3. The average molecular weight is 1100 g/mol. The molecule has 0 saturated carbocycles. The molecule has 2 atom stereocenters. The zero-order valence-electron chi connectivity index (χ0n) is 52.7. The Morgan fingerprint density at radius 2 is 0.641 bits per heavy atom. The lowest BCUT2D eigenvalue weighted by Gasteiger charge is -2.22. The first-order chi connectivity index (χ1) is 38.5. The number of esters is 1. The molecule has 0 bridgehead atoms. The van der Waals surface area contributed by atoms with Crippen molar-refractivity contribution < 1.29 is 24.5 Å². The van der Waals surface area contributed by atoms with Gasteiger partial charge in [0.1, 0.15) is 0 Å². The van der Waals surface area contributed by atoms with Gasteiger partial charge >= 0.3 is 5.97 Å². The number of ether oxygens (including phenoxy) is 1. The van der Waals surface area contributed by atoms with Crippen molar-refractivity contribution in [3.05, 3.63) is 36.5 Å². The molecular weight excluding hydrogens is 959 g/mol. The van der Waals surface area contributed by atoms with Gasteiger partial charge in [0.15, 0.2) is 0 Å². The number of allylic oxidation sites excluding steroid dienone is 6. The summed E-state index contributed by atoms with van der Waals surface area (Å²) in [7, 11) is 0. The van der Waals surface area contributed by atoms with Crippen LogP contribution >= 0.6 is 0 Å². The van der Waals surface area contributed by atoms with E-state index in [-0.39, 0.29) is 18.5 Å². The largest absolute Gasteiger partial charge is 0.466 e. The lowest BCUT2D eigenvalue weighted by molar-refractivity contribution is -0.143. The second kappa shape index (κ2) is 67.6. The SMILES string of the molecule is CCCCCC/C=C\C/C=C\CCCCCCCCCC(=O)OCCCCCCCCCCCCCC/C=C\CCCCCCCCCCCCCC(=O)NC(CO)C(O)CCCCCCCCCCCCCCCCCC. The van der Waals surface area contributed by atoms with Gasteiger partial charge in [-0.25, -0.2) is 0 Å². The van der Waals surface area contributed by atoms with E-state index in [1.807, 2.05) is 0 Å². The number of nitrogens with one attached hydrogen (secondary N) is 1. The predicted molar refractivity (Wildman–Crippen MR) is 343 cm³/mol. The van der Waals surface area contributed by atoms with Gasteiger partial charge in [0.25, 0.3) is 0 Å². The molecule has 0 heterocycles. The molecule has 0 radical (unpaired) electrons. The fraction of sp³-hybridized carbons (Fsp3) is 0.889. The normalized spacial score (nSPS) is 12.7. The monoisotopic (exact) mass is 1100 g/mol. The van der Waals surface area contributed by atoms with Crippen LogP contribution in [0.5, 0.6) is 0 Å². The number of aliphatic hydroxyl groups is 2. The van der Waals surface area contributed by atoms with Crippen molar-refractivity contribution in [3.8, 4) is 0 Å². The van der Waals surface area contributed by atoms with Crippen molar-refractivity contribution in [2.45, 2.75) is 398 Å². The zero-order chi connectivity index (χ0) is 56.4. The summed E-state index contributed by atoms with van der Waals surface area (Å²) in [5.41, 5.74) is 0. The molecule has 0 rings (SSSR count). The average Bonchev–Trinajstić information content (AvgIpc) is 3.44. The van der Waals surface area contributed by atoms with Crippen molar-refractivity contribution in [2.75, 3.05) is 13.2 Å². The van der Waals surface area contributed by atoms with E-state index in [4.69, 9.17) is 4.74 Å². The van der Waals surface area contributed by atoms with Crippen molar-refractivity contribution in [1.29, 1.82) is 0 Å². The third kappa shape index (κ3) is 63.3. The predicted octanol–water partition coefficient (Wildman–Crippen LogP) is 22.7. The van der Waals surface area contributed by atoms with Crippen molar-refractivity contribution in [3.63, 3.8) is 0 Å². The molecule has 0 fully saturated rings. The lowest BCUT2D eigenvalue weighted by atomic mass is 10.0. The number of carbonyl (C=O) groups is 2. The van der Waals surface area contributed by atoms with Crippen LogP contribution in [0.25, 0.3) is 0 Å². The summed E-state index contributed by atoms with van der Waals surface area (Å²) in [6, 6.07) is -0.542. The molecular formula is C72H137NO5. The molecule has 0 aliphatic carbocycles. The van der Waals surface area contributed by atoms with E-state index in [0.717, 1.165) is 51.4 Å². The molecule has 1 amide bonds. The second-order valence-corrected chi connectivity index (χ2v) is 24.2. The fourth-order valence-corrected chi connectivity index (χ4v) is 11.0. The molecule has 2 unspecified atom stereocenters. The summed E-state index contributed by atoms with van der Waals surface area (Å²) in [4.78, 5) is 24.6. The molecule has 460 valence electrons. The molecule has 0 spiro atoms. The first-order valence-electron chi connectivity index (χ1n) is 35.2. The number of rotatable bonds is 66. The van der Waals surface area contributed by atoms with E-state index >= 15 is 0 Å². The zero-order valence-corrected chi connectivity index (χ0v) is 52.7. The summed E-state index contributed by atoms with van der Waals surface area (Å²) in [6.07, 6.45) is 86.1. The minimum atomic E-state index is -0.665. The van der Waals surface area contributed by atoms with Gasteiger partial charge in [0, 0.05) is 12.8 Å². The van der Waals surface area contributed by atoms with Crippen LogP contribution in [0, 0.1) is 0 Å². The first kappa shape index (κ1) is 76.1. The molecule has 0 aliphatic heterocycles. The molecule has 3 N–H and O–H groups in total. The molecule has 0 aromatic heterocycles. The minimum Gasteiger partial charge on any atom is -0.466 e. The Balaban J connectivity index is 3.38. The van der Waals surface area contributed by atoms with E-state index in [9.17, 15) is 19.8 Å². The Labute approximate surface area is 487 Å². The summed E-state index contributed by atoms with van der Waals surface area (Å²) in [5, 5.41) is 23.3. The minimum absolute atomic E-state index is 0.00823. The summed E-state index contributed by atoms with van der Waals surface area (Å²) in [5.74, 6) is -0.0249. The van der Waals surface area contributed by atoms with Gasteiger partial charge in [-0.2, -0.15) is 0 Å². The Morgan fingerprint density at radius 1 is 0.359 bits per heavy atom. The lowest BCUT2D eigenvalue weighted by Crippen LogP contribution is -2.45. The summed E-state index contributed by atoms with van der Waals surface area (Å²) >= 11 is 0. The van der Waals surface area contributed by atoms with Crippen LogP contribution in [0.3, 0.4) is 0 Å². The van der Waals surface area contributed by atoms with Crippen LogP contribution in [-0.4, -0.2) is 47.4 Å². The van der Waals surface area contributed by atoms with E-state index in [1.165, 1.54) is 302 Å². The molecule has 0 aliphatic rings. The van der Waals surface area contributed by atoms with Crippen LogP contribution in [0.1, 0.15) is 386 Å². The van der Waals surface area contributed by atoms with Crippen LogP contribution in [0.15, 0.2) is 36.5 Å². The number of aliphatic hydroxyl groups excluding tert-OH is 2. The van der Waals surface area contributed by atoms with E-state index in [1.54, 1.807) is 0 Å². The number of amides is 1. The number of hydrogen-bond acceptors (Lipinski definition) is 5. The maximum Gasteiger partial charge on any atom is 0.305 e. The van der Waals surface area contributed by atoms with Crippen LogP contribution in [0.2, 0.25) is 0 Å². The first-order valence-corrected chi connectivity index (χ1v) is 35.2. The van der Waals surface area contributed by atoms with E-state index < -0.39 is 12.1 Å². The highest BCUT2D eigenvalue weighted by atomic mass is 16.5. The van der Waals surface area contributed by atoms with Gasteiger partial charge in [-0.1, -0.05) is 326 Å². The second-order valence-electron chi connectivity index (χ2n) is 24.2. The molecule has 0 aromatic rings. The standard InChI is InChI=1S/C72H137NO5/c1-3-5-7-9-11-13-15-17-19-21-34-38-42-46-50-54-58-62-66-72(77)78-67-63-59-55-51-47-43-39-35-32-30-28-26-24-22-23-25-27-29-31-33-37-41-45-49-53-57-61-65-71(76)73-69(68-74)70(75)64-60-56-52-48-44-40-36-20-18-16-14-12-10-8-6-4-2/h13,15,19,21-23,69-70,74-75H,3-12,14,16-18,20,24-68H2,1-2H3,(H,73,76)/b15-13-,21-19-,23-22-. The van der Waals surface area contributed by atoms with Crippen LogP contribution < -0.4 is 5.32 Å². The van der Waals surface area contributed by atoms with Gasteiger partial charge < -0.3 is 20.3 Å². The van der Waals surface area contributed by atoms with Crippen molar-refractivity contribution in [1.82, 2.24) is 5.32 Å². The number of unbranched alkanes of at least 4 members (excludes halogenated alkanes) is 49. The van der Waals surface area contributed by atoms with Gasteiger partial charge in [-0.3, -0.25) is 9.59 Å². The van der Waals surface area contributed by atoms with Crippen LogP contribution in [0.4, 0.5) is 0 Å². The maximum absolute atomic E-state index is 12.5. The Morgan fingerprint density at radius 3 is 1.00 bits per heavy atom. The quantitative estimate of drug-likeness (QED) is 0.0320. The van der Waals surface area contributed by atoms with E-state index in [0.29, 0.717) is 25.9 Å². The third-order valence-corrected chi connectivity index (χ3v) is 16.4. The Hall–Kier alpha value is -1.92. The summed E-state index contributed by atoms with van der Waals surface area (Å²) in [6.45, 7) is 4.96. The van der Waals surface area contributed by atoms with Gasteiger partial charge in [-0.15, -0.1) is 0 Å². The topological polar surface area (TPSA) is 95.9 Å². The highest BCUT2D eigenvalue weighted by molar-refractivity contribution is 5.76. The highest BCUT2D eigenvalue weighted by Gasteiger charge is 2.20. The fourth-order valence-electron chi connectivity index (χ4n) is 11.0. The van der Waals surface area contributed by atoms with Gasteiger partial charge in [0.2, 0.25) is 5.91 Å². The molecule has 78 heavy (non-hydrogen) atoms. The Bertz CT molecular complexity index is 1260. The molecule has 6 nitrogen and oxygen atoms in total. The number of carbonyl (C=O) groups excluding carboxylic acids is 2. The van der Waals surface area contributed by atoms with Crippen molar-refractivity contribution >= 4 is 11.9 Å². The summed E-state index contributed by atoms with van der Waals surface area (Å²) < 4.78 is 5.50. The van der Waals surface area contributed by atoms with E-state index in [2.05, 4.69) is 55.6 Å². The van der Waals surface area contributed by atoms with Gasteiger partial charge in [0.05, 0.1) is 25.4 Å². The molecule has 0 saturated heterocycles.